The van der Waals surface area contributed by atoms with Gasteiger partial charge in [0.25, 0.3) is 0 Å². The standard InChI is InChI=1S/C15H26N2O/c1-11(2)6-5-7-12(3)17-14-8-13(16)9-15(10-14)18-4/h8-12,17H,5-7,16H2,1-4H3. The van der Waals surface area contributed by atoms with Gasteiger partial charge in [-0.15, -0.1) is 0 Å². The summed E-state index contributed by atoms with van der Waals surface area (Å²) in [6.45, 7) is 6.73. The van der Waals surface area contributed by atoms with Crippen LogP contribution >= 0.6 is 0 Å². The zero-order valence-electron chi connectivity index (χ0n) is 12.0. The Balaban J connectivity index is 2.48. The number of nitrogens with two attached hydrogens (primary N) is 1. The summed E-state index contributed by atoms with van der Waals surface area (Å²) in [7, 11) is 1.66. The van der Waals surface area contributed by atoms with Crippen LogP contribution in [0.4, 0.5) is 11.4 Å². The molecule has 1 aromatic rings. The molecule has 0 bridgehead atoms. The second kappa shape index (κ2) is 7.14. The van der Waals surface area contributed by atoms with Crippen molar-refractivity contribution in [1.82, 2.24) is 0 Å². The maximum Gasteiger partial charge on any atom is 0.122 e. The van der Waals surface area contributed by atoms with Gasteiger partial charge in [0.2, 0.25) is 0 Å². The van der Waals surface area contributed by atoms with Crippen LogP contribution in [0.2, 0.25) is 0 Å². The number of hydrogen-bond acceptors (Lipinski definition) is 3. The Bertz CT molecular complexity index is 364. The Morgan fingerprint density at radius 3 is 2.50 bits per heavy atom. The first-order chi connectivity index (χ1) is 8.51. The summed E-state index contributed by atoms with van der Waals surface area (Å²) in [5.74, 6) is 1.58. The van der Waals surface area contributed by atoms with Crippen molar-refractivity contribution >= 4 is 11.4 Å². The second-order valence-corrected chi connectivity index (χ2v) is 5.36. The van der Waals surface area contributed by atoms with E-state index < -0.39 is 0 Å². The molecule has 18 heavy (non-hydrogen) atoms. The Morgan fingerprint density at radius 1 is 1.17 bits per heavy atom. The normalized spacial score (nSPS) is 12.5. The molecule has 0 aromatic heterocycles. The zero-order chi connectivity index (χ0) is 13.5. The van der Waals surface area contributed by atoms with Crippen LogP contribution in [0.5, 0.6) is 5.75 Å². The lowest BCUT2D eigenvalue weighted by molar-refractivity contribution is 0.415. The fourth-order valence-electron chi connectivity index (χ4n) is 2.01. The van der Waals surface area contributed by atoms with Crippen LogP contribution in [0, 0.1) is 5.92 Å². The summed E-state index contributed by atoms with van der Waals surface area (Å²) in [5.41, 5.74) is 7.59. The molecular formula is C15H26N2O. The highest BCUT2D eigenvalue weighted by Gasteiger charge is 2.05. The van der Waals surface area contributed by atoms with E-state index in [1.54, 1.807) is 7.11 Å². The van der Waals surface area contributed by atoms with Gasteiger partial charge >= 0.3 is 0 Å². The van der Waals surface area contributed by atoms with Gasteiger partial charge in [-0.25, -0.2) is 0 Å². The summed E-state index contributed by atoms with van der Waals surface area (Å²) < 4.78 is 5.21. The minimum absolute atomic E-state index is 0.454. The van der Waals surface area contributed by atoms with Crippen molar-refractivity contribution in [2.24, 2.45) is 5.92 Å². The molecule has 3 heteroatoms. The molecule has 102 valence electrons. The van der Waals surface area contributed by atoms with E-state index in [0.717, 1.165) is 23.0 Å². The van der Waals surface area contributed by atoms with E-state index >= 15 is 0 Å². The van der Waals surface area contributed by atoms with Crippen molar-refractivity contribution in [2.45, 2.75) is 46.1 Å². The van der Waals surface area contributed by atoms with Crippen molar-refractivity contribution in [3.63, 3.8) is 0 Å². The van der Waals surface area contributed by atoms with E-state index in [2.05, 4.69) is 26.1 Å². The van der Waals surface area contributed by atoms with Crippen molar-refractivity contribution < 1.29 is 4.74 Å². The van der Waals surface area contributed by atoms with E-state index in [9.17, 15) is 0 Å². The first-order valence-corrected chi connectivity index (χ1v) is 6.72. The third kappa shape index (κ3) is 5.30. The predicted octanol–water partition coefficient (Wildman–Crippen LogP) is 3.90. The summed E-state index contributed by atoms with van der Waals surface area (Å²) in [6.07, 6.45) is 3.72. The molecule has 0 aliphatic carbocycles. The first kappa shape index (κ1) is 14.7. The number of anilines is 2. The van der Waals surface area contributed by atoms with Gasteiger partial charge in [0, 0.05) is 29.5 Å². The summed E-state index contributed by atoms with van der Waals surface area (Å²) in [6, 6.07) is 6.21. The third-order valence-corrected chi connectivity index (χ3v) is 3.00. The van der Waals surface area contributed by atoms with E-state index in [1.165, 1.54) is 19.3 Å². The Morgan fingerprint density at radius 2 is 1.89 bits per heavy atom. The molecule has 0 fully saturated rings. The number of methoxy groups -OCH3 is 1. The van der Waals surface area contributed by atoms with Crippen LogP contribution in [0.15, 0.2) is 18.2 Å². The van der Waals surface area contributed by atoms with Crippen LogP contribution in [0.3, 0.4) is 0 Å². The van der Waals surface area contributed by atoms with Crippen molar-refractivity contribution in [1.29, 1.82) is 0 Å². The number of ether oxygens (including phenoxy) is 1. The summed E-state index contributed by atoms with van der Waals surface area (Å²) >= 11 is 0. The van der Waals surface area contributed by atoms with Crippen LogP contribution in [-0.2, 0) is 0 Å². The monoisotopic (exact) mass is 250 g/mol. The molecule has 1 unspecified atom stereocenters. The highest BCUT2D eigenvalue weighted by atomic mass is 16.5. The molecule has 3 nitrogen and oxygen atoms in total. The highest BCUT2D eigenvalue weighted by Crippen LogP contribution is 2.23. The lowest BCUT2D eigenvalue weighted by atomic mass is 10.0. The van der Waals surface area contributed by atoms with Gasteiger partial charge in [0.15, 0.2) is 0 Å². The van der Waals surface area contributed by atoms with E-state index in [-0.39, 0.29) is 0 Å². The fraction of sp³-hybridized carbons (Fsp3) is 0.600. The molecule has 0 spiro atoms. The highest BCUT2D eigenvalue weighted by molar-refractivity contribution is 5.59. The maximum atomic E-state index is 5.83. The Kier molecular flexibility index (Phi) is 5.83. The van der Waals surface area contributed by atoms with Gasteiger partial charge in [0.1, 0.15) is 5.75 Å². The van der Waals surface area contributed by atoms with E-state index in [4.69, 9.17) is 10.5 Å². The number of benzene rings is 1. The molecule has 0 aliphatic rings. The van der Waals surface area contributed by atoms with Crippen LogP contribution in [0.1, 0.15) is 40.0 Å². The molecule has 3 N–H and O–H groups in total. The van der Waals surface area contributed by atoms with Crippen molar-refractivity contribution in [2.75, 3.05) is 18.2 Å². The summed E-state index contributed by atoms with van der Waals surface area (Å²) in [4.78, 5) is 0. The van der Waals surface area contributed by atoms with E-state index in [0.29, 0.717) is 6.04 Å². The molecule has 0 amide bonds. The topological polar surface area (TPSA) is 47.3 Å². The zero-order valence-corrected chi connectivity index (χ0v) is 12.0. The molecule has 0 saturated heterocycles. The SMILES string of the molecule is COc1cc(N)cc(NC(C)CCCC(C)C)c1. The second-order valence-electron chi connectivity index (χ2n) is 5.36. The van der Waals surface area contributed by atoms with Gasteiger partial charge in [-0.05, 0) is 25.3 Å². The molecule has 1 atom stereocenters. The third-order valence-electron chi connectivity index (χ3n) is 3.00. The quantitative estimate of drug-likeness (QED) is 0.721. The number of hydrogen-bond donors (Lipinski definition) is 2. The van der Waals surface area contributed by atoms with Gasteiger partial charge < -0.3 is 15.8 Å². The van der Waals surface area contributed by atoms with Crippen LogP contribution in [-0.4, -0.2) is 13.2 Å². The van der Waals surface area contributed by atoms with Crippen molar-refractivity contribution in [3.05, 3.63) is 18.2 Å². The minimum Gasteiger partial charge on any atom is -0.497 e. The predicted molar refractivity (Wildman–Crippen MR) is 79.2 cm³/mol. The molecule has 0 heterocycles. The minimum atomic E-state index is 0.454. The van der Waals surface area contributed by atoms with E-state index in [1.807, 2.05) is 18.2 Å². The Labute approximate surface area is 111 Å². The largest absolute Gasteiger partial charge is 0.497 e. The van der Waals surface area contributed by atoms with Gasteiger partial charge in [-0.1, -0.05) is 26.7 Å². The molecule has 0 saturated carbocycles. The Hall–Kier alpha value is -1.38. The molecule has 0 radical (unpaired) electrons. The molecule has 0 aliphatic heterocycles. The number of nitrogen functional groups attached to an aromatic ring is 1. The average molecular weight is 250 g/mol. The lowest BCUT2D eigenvalue weighted by Crippen LogP contribution is -2.15. The van der Waals surface area contributed by atoms with Crippen LogP contribution in [0.25, 0.3) is 0 Å². The number of rotatable bonds is 7. The average Bonchev–Trinajstić information content (AvgIpc) is 2.27. The molecular weight excluding hydrogens is 224 g/mol. The van der Waals surface area contributed by atoms with Crippen molar-refractivity contribution in [3.8, 4) is 5.75 Å². The molecule has 1 aromatic carbocycles. The van der Waals surface area contributed by atoms with Gasteiger partial charge in [0.05, 0.1) is 7.11 Å². The molecule has 1 rings (SSSR count). The lowest BCUT2D eigenvalue weighted by Gasteiger charge is -2.17. The smallest absolute Gasteiger partial charge is 0.122 e. The fourth-order valence-corrected chi connectivity index (χ4v) is 2.01. The maximum absolute atomic E-state index is 5.83. The van der Waals surface area contributed by atoms with Gasteiger partial charge in [-0.3, -0.25) is 0 Å². The first-order valence-electron chi connectivity index (χ1n) is 6.72. The van der Waals surface area contributed by atoms with Crippen LogP contribution < -0.4 is 15.8 Å². The van der Waals surface area contributed by atoms with Gasteiger partial charge in [-0.2, -0.15) is 0 Å². The number of nitrogens with one attached hydrogen (secondary N) is 1. The summed E-state index contributed by atoms with van der Waals surface area (Å²) in [5, 5.41) is 3.47.